The lowest BCUT2D eigenvalue weighted by Crippen LogP contribution is -2.23. The Morgan fingerprint density at radius 3 is 2.24 bits per heavy atom. The Kier molecular flexibility index (Phi) is 3.34. The molecule has 1 aromatic carbocycles. The van der Waals surface area contributed by atoms with Gasteiger partial charge in [0.25, 0.3) is 0 Å². The summed E-state index contributed by atoms with van der Waals surface area (Å²) < 4.78 is 51.8. The molecule has 0 N–H and O–H groups in total. The lowest BCUT2D eigenvalue weighted by molar-refractivity contribution is -0.137. The van der Waals surface area contributed by atoms with Crippen LogP contribution in [0.5, 0.6) is 0 Å². The van der Waals surface area contributed by atoms with Gasteiger partial charge in [0, 0.05) is 17.6 Å². The van der Waals surface area contributed by atoms with Gasteiger partial charge >= 0.3 is 6.18 Å². The van der Waals surface area contributed by atoms with Crippen LogP contribution in [0.15, 0.2) is 16.6 Å². The molecule has 0 unspecified atom stereocenters. The molecule has 17 heavy (non-hydrogen) atoms. The fourth-order valence-electron chi connectivity index (χ4n) is 2.04. The second-order valence-corrected chi connectivity index (χ2v) is 4.83. The van der Waals surface area contributed by atoms with Gasteiger partial charge in [-0.05, 0) is 40.9 Å². The quantitative estimate of drug-likeness (QED) is 0.702. The molecule has 1 aromatic rings. The zero-order valence-electron chi connectivity index (χ0n) is 8.82. The van der Waals surface area contributed by atoms with Gasteiger partial charge < -0.3 is 4.90 Å². The predicted octanol–water partition coefficient (Wildman–Crippen LogP) is 4.21. The van der Waals surface area contributed by atoms with E-state index in [2.05, 4.69) is 15.9 Å². The Bertz CT molecular complexity index is 424. The molecule has 1 nitrogen and oxygen atoms in total. The number of halogens is 5. The van der Waals surface area contributed by atoms with Gasteiger partial charge in [-0.1, -0.05) is 0 Å². The highest BCUT2D eigenvalue weighted by molar-refractivity contribution is 9.10. The summed E-state index contributed by atoms with van der Waals surface area (Å²) in [6.45, 7) is 1.15. The largest absolute Gasteiger partial charge is 0.418 e. The highest BCUT2D eigenvalue weighted by atomic mass is 79.9. The van der Waals surface area contributed by atoms with Crippen LogP contribution in [0.25, 0.3) is 0 Å². The second kappa shape index (κ2) is 4.48. The van der Waals surface area contributed by atoms with Gasteiger partial charge in [0.1, 0.15) is 5.82 Å². The highest BCUT2D eigenvalue weighted by Crippen LogP contribution is 2.42. The molecule has 0 saturated carbocycles. The number of alkyl halides is 3. The number of hydrogen-bond donors (Lipinski definition) is 0. The summed E-state index contributed by atoms with van der Waals surface area (Å²) in [5, 5.41) is 0. The second-order valence-electron chi connectivity index (χ2n) is 3.98. The number of hydrogen-bond acceptors (Lipinski definition) is 1. The molecular formula is C11H10BrF4N. The van der Waals surface area contributed by atoms with E-state index in [0.29, 0.717) is 19.2 Å². The summed E-state index contributed by atoms with van der Waals surface area (Å²) in [6.07, 6.45) is -2.81. The lowest BCUT2D eigenvalue weighted by Gasteiger charge is -2.24. The van der Waals surface area contributed by atoms with E-state index in [9.17, 15) is 17.6 Å². The Morgan fingerprint density at radius 1 is 1.12 bits per heavy atom. The first-order valence-electron chi connectivity index (χ1n) is 5.21. The predicted molar refractivity (Wildman–Crippen MR) is 60.5 cm³/mol. The smallest absolute Gasteiger partial charge is 0.370 e. The first-order chi connectivity index (χ1) is 7.89. The monoisotopic (exact) mass is 311 g/mol. The van der Waals surface area contributed by atoms with Crippen molar-refractivity contribution in [2.75, 3.05) is 18.0 Å². The summed E-state index contributed by atoms with van der Waals surface area (Å²) in [5.74, 6) is -0.882. The summed E-state index contributed by atoms with van der Waals surface area (Å²) in [4.78, 5) is 1.65. The number of nitrogens with zero attached hydrogens (tertiary/aromatic N) is 1. The van der Waals surface area contributed by atoms with Crippen molar-refractivity contribution in [3.05, 3.63) is 28.0 Å². The topological polar surface area (TPSA) is 3.24 Å². The average Bonchev–Trinajstić information content (AvgIpc) is 2.67. The first kappa shape index (κ1) is 12.7. The summed E-state index contributed by atoms with van der Waals surface area (Å²) in [7, 11) is 0. The van der Waals surface area contributed by atoms with Gasteiger partial charge in [0.05, 0.1) is 11.3 Å². The van der Waals surface area contributed by atoms with Crippen LogP contribution in [0, 0.1) is 5.82 Å². The van der Waals surface area contributed by atoms with Crippen molar-refractivity contribution in [3.63, 3.8) is 0 Å². The van der Waals surface area contributed by atoms with Gasteiger partial charge in [0.15, 0.2) is 0 Å². The summed E-state index contributed by atoms with van der Waals surface area (Å²) in [5.41, 5.74) is -0.859. The molecule has 0 amide bonds. The van der Waals surface area contributed by atoms with Crippen LogP contribution in [-0.2, 0) is 6.18 Å². The van der Waals surface area contributed by atoms with Crippen LogP contribution in [0.2, 0.25) is 0 Å². The van der Waals surface area contributed by atoms with Gasteiger partial charge in [-0.3, -0.25) is 0 Å². The van der Waals surface area contributed by atoms with Crippen molar-refractivity contribution < 1.29 is 17.6 Å². The maximum absolute atomic E-state index is 13.1. The molecule has 0 aromatic heterocycles. The van der Waals surface area contributed by atoms with Crippen LogP contribution in [0.4, 0.5) is 23.2 Å². The van der Waals surface area contributed by atoms with Crippen molar-refractivity contribution in [3.8, 4) is 0 Å². The molecule has 0 spiro atoms. The minimum atomic E-state index is -4.54. The third-order valence-electron chi connectivity index (χ3n) is 2.76. The van der Waals surface area contributed by atoms with Gasteiger partial charge in [-0.15, -0.1) is 0 Å². The normalized spacial score (nSPS) is 16.6. The Labute approximate surface area is 105 Å². The zero-order valence-corrected chi connectivity index (χ0v) is 10.4. The summed E-state index contributed by atoms with van der Waals surface area (Å²) >= 11 is 3.02. The fraction of sp³-hybridized carbons (Fsp3) is 0.455. The lowest BCUT2D eigenvalue weighted by atomic mass is 10.1. The van der Waals surface area contributed by atoms with Crippen molar-refractivity contribution in [1.29, 1.82) is 0 Å². The van der Waals surface area contributed by atoms with Crippen LogP contribution in [0.3, 0.4) is 0 Å². The molecule has 1 aliphatic heterocycles. The van der Waals surface area contributed by atoms with Crippen molar-refractivity contribution >= 4 is 21.6 Å². The molecule has 1 heterocycles. The molecule has 0 atom stereocenters. The van der Waals surface area contributed by atoms with Gasteiger partial charge in [-0.25, -0.2) is 4.39 Å². The number of rotatable bonds is 1. The summed E-state index contributed by atoms with van der Waals surface area (Å²) in [6, 6.07) is 1.63. The van der Waals surface area contributed by atoms with E-state index in [4.69, 9.17) is 0 Å². The first-order valence-corrected chi connectivity index (χ1v) is 6.00. The highest BCUT2D eigenvalue weighted by Gasteiger charge is 2.37. The standard InChI is InChI=1S/C11H10BrF4N/c12-9-6-7(13)5-8(11(14,15)16)10(9)17-3-1-2-4-17/h5-6H,1-4H2. The molecule has 1 fully saturated rings. The Morgan fingerprint density at radius 2 is 1.71 bits per heavy atom. The van der Waals surface area contributed by atoms with E-state index >= 15 is 0 Å². The van der Waals surface area contributed by atoms with E-state index < -0.39 is 17.6 Å². The van der Waals surface area contributed by atoms with E-state index in [-0.39, 0.29) is 10.2 Å². The zero-order chi connectivity index (χ0) is 12.6. The fourth-order valence-corrected chi connectivity index (χ4v) is 2.73. The molecule has 2 rings (SSSR count). The van der Waals surface area contributed by atoms with Crippen LogP contribution < -0.4 is 4.90 Å². The van der Waals surface area contributed by atoms with E-state index in [1.807, 2.05) is 0 Å². The molecule has 0 bridgehead atoms. The van der Waals surface area contributed by atoms with E-state index in [1.54, 1.807) is 4.90 Å². The molecule has 6 heteroatoms. The van der Waals surface area contributed by atoms with E-state index in [0.717, 1.165) is 18.9 Å². The Hall–Kier alpha value is -0.780. The van der Waals surface area contributed by atoms with Crippen LogP contribution in [0.1, 0.15) is 18.4 Å². The molecule has 0 radical (unpaired) electrons. The minimum Gasteiger partial charge on any atom is -0.370 e. The van der Waals surface area contributed by atoms with Crippen molar-refractivity contribution in [1.82, 2.24) is 0 Å². The maximum Gasteiger partial charge on any atom is 0.418 e. The van der Waals surface area contributed by atoms with Crippen LogP contribution in [-0.4, -0.2) is 13.1 Å². The molecule has 0 aliphatic carbocycles. The molecule has 94 valence electrons. The van der Waals surface area contributed by atoms with Gasteiger partial charge in [-0.2, -0.15) is 13.2 Å². The van der Waals surface area contributed by atoms with E-state index in [1.165, 1.54) is 0 Å². The van der Waals surface area contributed by atoms with Crippen molar-refractivity contribution in [2.24, 2.45) is 0 Å². The number of benzene rings is 1. The Balaban J connectivity index is 2.54. The minimum absolute atomic E-state index is 0.0522. The third-order valence-corrected chi connectivity index (χ3v) is 3.36. The van der Waals surface area contributed by atoms with Crippen LogP contribution >= 0.6 is 15.9 Å². The maximum atomic E-state index is 13.1. The van der Waals surface area contributed by atoms with Gasteiger partial charge in [0.2, 0.25) is 0 Å². The number of anilines is 1. The SMILES string of the molecule is Fc1cc(Br)c(N2CCCC2)c(C(F)(F)F)c1. The third kappa shape index (κ3) is 2.56. The molecule has 1 aliphatic rings. The van der Waals surface area contributed by atoms with Crippen molar-refractivity contribution in [2.45, 2.75) is 19.0 Å². The molecular weight excluding hydrogens is 302 g/mol. The average molecular weight is 312 g/mol. The molecule has 1 saturated heterocycles.